The van der Waals surface area contributed by atoms with Gasteiger partial charge in [-0.2, -0.15) is 0 Å². The van der Waals surface area contributed by atoms with E-state index in [0.29, 0.717) is 5.89 Å². The zero-order valence-corrected chi connectivity index (χ0v) is 31.9. The Morgan fingerprint density at radius 1 is 0.373 bits per heavy atom. The molecule has 0 aliphatic heterocycles. The van der Waals surface area contributed by atoms with E-state index in [0.717, 1.165) is 33.5 Å². The number of rotatable bonds is 4. The van der Waals surface area contributed by atoms with Gasteiger partial charge in [0.1, 0.15) is 5.52 Å². The summed E-state index contributed by atoms with van der Waals surface area (Å²) in [5.74, 6) is 0.634. The van der Waals surface area contributed by atoms with Crippen LogP contribution in [0.1, 0.15) is 22.3 Å². The molecular weight excluding hydrogens is 717 g/mol. The van der Waals surface area contributed by atoms with Crippen molar-refractivity contribution < 1.29 is 4.42 Å². The van der Waals surface area contributed by atoms with Crippen molar-refractivity contribution in [2.75, 3.05) is 0 Å². The fraction of sp³-hybridized carbons (Fsp3) is 0.0179. The van der Waals surface area contributed by atoms with Crippen LogP contribution < -0.4 is 0 Å². The Balaban J connectivity index is 0.983. The lowest BCUT2D eigenvalue weighted by atomic mass is 9.70. The van der Waals surface area contributed by atoms with Gasteiger partial charge in [0.05, 0.1) is 16.4 Å². The van der Waals surface area contributed by atoms with Crippen molar-refractivity contribution in [1.29, 1.82) is 0 Å². The Labute approximate surface area is 341 Å². The molecule has 0 amide bonds. The molecule has 59 heavy (non-hydrogen) atoms. The highest BCUT2D eigenvalue weighted by Crippen LogP contribution is 2.63. The van der Waals surface area contributed by atoms with Crippen LogP contribution in [0, 0.1) is 0 Å². The molecule has 0 N–H and O–H groups in total. The topological polar surface area (TPSA) is 31.0 Å². The van der Waals surface area contributed by atoms with Crippen LogP contribution in [-0.4, -0.2) is 9.55 Å². The van der Waals surface area contributed by atoms with Gasteiger partial charge < -0.3 is 8.98 Å². The van der Waals surface area contributed by atoms with Crippen LogP contribution in [0.25, 0.3) is 94.6 Å². The zero-order valence-electron chi connectivity index (χ0n) is 31.9. The highest BCUT2D eigenvalue weighted by atomic mass is 16.3. The first-order valence-corrected chi connectivity index (χ1v) is 20.3. The number of aromatic nitrogens is 2. The molecule has 0 fully saturated rings. The minimum atomic E-state index is -0.381. The summed E-state index contributed by atoms with van der Waals surface area (Å²) >= 11 is 0. The number of nitrogens with zero attached hydrogens (tertiary/aromatic N) is 2. The highest BCUT2D eigenvalue weighted by molar-refractivity contribution is 6.12. The van der Waals surface area contributed by atoms with Crippen LogP contribution in [0.2, 0.25) is 0 Å². The Kier molecular flexibility index (Phi) is 6.65. The molecule has 11 aromatic rings. The molecule has 0 saturated heterocycles. The summed E-state index contributed by atoms with van der Waals surface area (Å²) in [6, 6.07) is 75.3. The molecule has 0 radical (unpaired) electrons. The molecule has 13 rings (SSSR count). The van der Waals surface area contributed by atoms with Crippen molar-refractivity contribution in [2.24, 2.45) is 0 Å². The molecule has 2 heterocycles. The molecule has 3 nitrogen and oxygen atoms in total. The molecule has 0 unspecified atom stereocenters. The third-order valence-corrected chi connectivity index (χ3v) is 12.9. The summed E-state index contributed by atoms with van der Waals surface area (Å²) in [6.45, 7) is 0. The van der Waals surface area contributed by atoms with Gasteiger partial charge in [0.2, 0.25) is 5.89 Å². The molecule has 274 valence electrons. The van der Waals surface area contributed by atoms with E-state index in [-0.39, 0.29) is 5.41 Å². The van der Waals surface area contributed by atoms with E-state index >= 15 is 0 Å². The minimum absolute atomic E-state index is 0.381. The van der Waals surface area contributed by atoms with Gasteiger partial charge in [0.15, 0.2) is 5.58 Å². The van der Waals surface area contributed by atoms with Gasteiger partial charge in [-0.25, -0.2) is 4.98 Å². The molecule has 9 aromatic carbocycles. The Bertz CT molecular complexity index is 3400. The number of hydrogen-bond donors (Lipinski definition) is 0. The monoisotopic (exact) mass is 750 g/mol. The molecule has 1 spiro atoms. The largest absolute Gasteiger partial charge is 0.436 e. The van der Waals surface area contributed by atoms with Crippen molar-refractivity contribution in [3.8, 4) is 61.6 Å². The van der Waals surface area contributed by atoms with E-state index in [1.54, 1.807) is 0 Å². The van der Waals surface area contributed by atoms with Gasteiger partial charge >= 0.3 is 0 Å². The summed E-state index contributed by atoms with van der Waals surface area (Å²) in [5, 5.41) is 2.44. The Morgan fingerprint density at radius 3 is 1.47 bits per heavy atom. The van der Waals surface area contributed by atoms with Gasteiger partial charge in [-0.1, -0.05) is 140 Å². The Morgan fingerprint density at radius 2 is 0.847 bits per heavy atom. The number of oxazole rings is 1. The summed E-state index contributed by atoms with van der Waals surface area (Å²) in [7, 11) is 0. The fourth-order valence-corrected chi connectivity index (χ4v) is 10.3. The molecule has 2 aliphatic carbocycles. The summed E-state index contributed by atoms with van der Waals surface area (Å²) in [4.78, 5) is 4.73. The average Bonchev–Trinajstić information content (AvgIpc) is 4.05. The van der Waals surface area contributed by atoms with Gasteiger partial charge in [-0.15, -0.1) is 0 Å². The number of hydrogen-bond acceptors (Lipinski definition) is 2. The van der Waals surface area contributed by atoms with Crippen LogP contribution >= 0.6 is 0 Å². The van der Waals surface area contributed by atoms with Gasteiger partial charge in [0, 0.05) is 22.0 Å². The maximum Gasteiger partial charge on any atom is 0.227 e. The predicted octanol–water partition coefficient (Wildman–Crippen LogP) is 14.3. The molecule has 0 atom stereocenters. The second-order valence-electron chi connectivity index (χ2n) is 15.8. The van der Waals surface area contributed by atoms with E-state index in [4.69, 9.17) is 9.40 Å². The van der Waals surface area contributed by atoms with Crippen LogP contribution in [0.4, 0.5) is 0 Å². The number of benzene rings is 9. The molecular formula is C56H34N2O. The summed E-state index contributed by atoms with van der Waals surface area (Å²) in [6.07, 6.45) is 0. The lowest BCUT2D eigenvalue weighted by molar-refractivity contribution is 0.620. The molecule has 2 aliphatic rings. The molecule has 0 bridgehead atoms. The third-order valence-electron chi connectivity index (χ3n) is 12.9. The normalized spacial score (nSPS) is 13.2. The second kappa shape index (κ2) is 12.1. The smallest absolute Gasteiger partial charge is 0.227 e. The van der Waals surface area contributed by atoms with Gasteiger partial charge in [0.25, 0.3) is 0 Å². The second-order valence-corrected chi connectivity index (χ2v) is 15.8. The van der Waals surface area contributed by atoms with Crippen LogP contribution in [0.5, 0.6) is 0 Å². The van der Waals surface area contributed by atoms with Crippen molar-refractivity contribution in [3.05, 3.63) is 229 Å². The van der Waals surface area contributed by atoms with Gasteiger partial charge in [-0.3, -0.25) is 0 Å². The zero-order chi connectivity index (χ0) is 38.7. The number of fused-ring (bicyclic) bond motifs is 14. The van der Waals surface area contributed by atoms with Crippen molar-refractivity contribution in [1.82, 2.24) is 9.55 Å². The first-order chi connectivity index (χ1) is 29.2. The quantitative estimate of drug-likeness (QED) is 0.179. The first kappa shape index (κ1) is 32.3. The highest BCUT2D eigenvalue weighted by Gasteiger charge is 2.51. The van der Waals surface area contributed by atoms with Crippen molar-refractivity contribution in [2.45, 2.75) is 5.41 Å². The van der Waals surface area contributed by atoms with E-state index in [9.17, 15) is 0 Å². The van der Waals surface area contributed by atoms with E-state index in [1.165, 1.54) is 77.4 Å². The molecule has 0 saturated carbocycles. The lowest BCUT2D eigenvalue weighted by Crippen LogP contribution is -2.25. The van der Waals surface area contributed by atoms with Crippen LogP contribution in [-0.2, 0) is 5.41 Å². The molecule has 3 heteroatoms. The lowest BCUT2D eigenvalue weighted by Gasteiger charge is -2.30. The maximum atomic E-state index is 6.08. The standard InChI is InChI=1S/C56H34N2O/c1-2-12-40(13-3-1)58-52-30-27-37(35-22-24-36(25-23-35)55-57-51-20-10-11-21-54(51)59-55)32-45(52)46-33-38(28-31-53(46)58)39-26-29-44-43-16-6-9-19-49(43)56(50(44)34-39)47-17-7-4-14-41(47)42-15-5-8-18-48(42)56/h1-34H. The predicted molar refractivity (Wildman–Crippen MR) is 241 cm³/mol. The number of para-hydroxylation sites is 3. The maximum absolute atomic E-state index is 6.08. The van der Waals surface area contributed by atoms with E-state index in [1.807, 2.05) is 24.3 Å². The van der Waals surface area contributed by atoms with E-state index < -0.39 is 0 Å². The summed E-state index contributed by atoms with van der Waals surface area (Å²) in [5.41, 5.74) is 21.2. The SMILES string of the molecule is c1ccc(-n2c3ccc(-c4ccc(-c5nc6ccccc6o5)cc4)cc3c3cc(-c4ccc5c(c4)C4(c6ccccc6-c6ccccc64)c4ccccc4-5)ccc32)cc1. The van der Waals surface area contributed by atoms with E-state index in [2.05, 4.69) is 187 Å². The molecule has 2 aromatic heterocycles. The Hall–Kier alpha value is -7.75. The van der Waals surface area contributed by atoms with Crippen molar-refractivity contribution >= 4 is 32.9 Å². The summed E-state index contributed by atoms with van der Waals surface area (Å²) < 4.78 is 8.48. The van der Waals surface area contributed by atoms with Crippen LogP contribution in [0.15, 0.2) is 211 Å². The third kappa shape index (κ3) is 4.50. The fourth-order valence-electron chi connectivity index (χ4n) is 10.3. The van der Waals surface area contributed by atoms with Crippen molar-refractivity contribution in [3.63, 3.8) is 0 Å². The average molecular weight is 751 g/mol. The minimum Gasteiger partial charge on any atom is -0.436 e. The van der Waals surface area contributed by atoms with Crippen LogP contribution in [0.3, 0.4) is 0 Å². The van der Waals surface area contributed by atoms with Gasteiger partial charge in [-0.05, 0) is 133 Å². The first-order valence-electron chi connectivity index (χ1n) is 20.3.